The molecule has 0 aliphatic carbocycles. The van der Waals surface area contributed by atoms with E-state index in [9.17, 15) is 24.9 Å². The Bertz CT molecular complexity index is 1670. The van der Waals surface area contributed by atoms with E-state index in [4.69, 9.17) is 26.6 Å². The fraction of sp³-hybridized carbons (Fsp3) is 0.440. The van der Waals surface area contributed by atoms with Crippen LogP contribution in [0.25, 0.3) is 0 Å². The van der Waals surface area contributed by atoms with Crippen molar-refractivity contribution in [3.05, 3.63) is 151 Å². The van der Waals surface area contributed by atoms with Gasteiger partial charge in [-0.05, 0) is 83.6 Å². The van der Waals surface area contributed by atoms with Gasteiger partial charge in [-0.1, -0.05) is 136 Å². The quantitative estimate of drug-likeness (QED) is 0.0651. The zero-order valence-corrected chi connectivity index (χ0v) is 46.1. The summed E-state index contributed by atoms with van der Waals surface area (Å²) < 4.78 is 9.57. The maximum Gasteiger partial charge on any atom is 2.00 e. The Morgan fingerprint density at radius 1 is 0.723 bits per heavy atom. The molecule has 0 saturated carbocycles. The number of ether oxygens (including phenoxy) is 2. The number of nitrogens with zero attached hydrogens (tertiary/aromatic N) is 1. The minimum Gasteiger partial charge on any atom is -1.00 e. The Kier molecular flexibility index (Phi) is 49.6. The number of halogens is 1. The van der Waals surface area contributed by atoms with Gasteiger partial charge in [0.25, 0.3) is 0 Å². The Labute approximate surface area is 460 Å². The average Bonchev–Trinajstić information content (AvgIpc) is 3.81. The number of esters is 1. The van der Waals surface area contributed by atoms with Crippen LogP contribution in [-0.2, 0) is 19.1 Å². The Morgan fingerprint density at radius 2 is 1.05 bits per heavy atom. The van der Waals surface area contributed by atoms with Crippen LogP contribution in [0.5, 0.6) is 0 Å². The molecule has 15 heteroatoms. The predicted molar refractivity (Wildman–Crippen MR) is 255 cm³/mol. The molecule has 0 spiro atoms. The molecule has 4 aromatic carbocycles. The fourth-order valence-corrected chi connectivity index (χ4v) is 5.44. The number of nitrogens with two attached hydrogens (primary N) is 2. The van der Waals surface area contributed by atoms with Crippen LogP contribution < -0.4 is 84.9 Å². The molecule has 1 aliphatic rings. The van der Waals surface area contributed by atoms with Crippen LogP contribution in [0.15, 0.2) is 121 Å². The van der Waals surface area contributed by atoms with E-state index < -0.39 is 22.7 Å². The number of amides is 1. The second-order valence-corrected chi connectivity index (χ2v) is 15.7. The van der Waals surface area contributed by atoms with E-state index in [0.717, 1.165) is 29.9 Å². The monoisotopic (exact) mass is 1010 g/mol. The van der Waals surface area contributed by atoms with Crippen molar-refractivity contribution < 1.29 is 113 Å². The van der Waals surface area contributed by atoms with Gasteiger partial charge in [0.1, 0.15) is 0 Å². The minimum absolute atomic E-state index is 0. The summed E-state index contributed by atoms with van der Waals surface area (Å²) in [6.07, 6.45) is 3.22. The van der Waals surface area contributed by atoms with Crippen LogP contribution in [0.2, 0.25) is 0 Å². The molecule has 1 heterocycles. The van der Waals surface area contributed by atoms with Crippen LogP contribution in [0.3, 0.4) is 0 Å². The number of benzene rings is 4. The zero-order chi connectivity index (χ0) is 45.1. The number of hydrogen-bond acceptors (Lipinski definition) is 10. The first-order valence-corrected chi connectivity index (χ1v) is 19.7. The molecule has 0 bridgehead atoms. The Hall–Kier alpha value is -2.25. The second-order valence-electron chi connectivity index (χ2n) is 15.7. The molecule has 9 N–H and O–H groups in total. The topological polar surface area (TPSA) is 244 Å². The zero-order valence-electron chi connectivity index (χ0n) is 40.0. The first-order chi connectivity index (χ1) is 27.6. The normalized spacial score (nSPS) is 12.6. The molecule has 12 nitrogen and oxygen atoms in total. The van der Waals surface area contributed by atoms with Crippen molar-refractivity contribution in [2.24, 2.45) is 11.5 Å². The number of carbonyl (C=O) groups is 2. The molecular weight excluding hydrogens is 930 g/mol. The van der Waals surface area contributed by atoms with E-state index in [-0.39, 0.29) is 148 Å². The van der Waals surface area contributed by atoms with Crippen molar-refractivity contribution in [2.75, 3.05) is 20.3 Å². The maximum absolute atomic E-state index is 11.1. The molecular formula is C50H77BrKMgN3O9. The molecule has 1 aliphatic heterocycles. The summed E-state index contributed by atoms with van der Waals surface area (Å²) in [7, 11) is 1.40. The van der Waals surface area contributed by atoms with E-state index in [1.54, 1.807) is 27.7 Å². The van der Waals surface area contributed by atoms with Gasteiger partial charge in [-0.2, -0.15) is 0 Å². The third-order valence-corrected chi connectivity index (χ3v) is 9.42. The van der Waals surface area contributed by atoms with E-state index in [0.29, 0.717) is 6.26 Å². The predicted octanol–water partition coefficient (Wildman–Crippen LogP) is 0.911. The van der Waals surface area contributed by atoms with Gasteiger partial charge in [-0.3, -0.25) is 9.59 Å². The smallest absolute Gasteiger partial charge is 1.00 e. The molecule has 1 saturated heterocycles. The van der Waals surface area contributed by atoms with E-state index in [1.165, 1.54) is 25.5 Å². The minimum atomic E-state index is -0.948. The molecule has 0 aromatic heterocycles. The van der Waals surface area contributed by atoms with Crippen LogP contribution in [0, 0.1) is 18.9 Å². The van der Waals surface area contributed by atoms with Crippen molar-refractivity contribution in [3.63, 3.8) is 0 Å². The molecule has 356 valence electrons. The maximum atomic E-state index is 11.1. The van der Waals surface area contributed by atoms with Crippen molar-refractivity contribution in [3.8, 4) is 6.26 Å². The molecule has 0 unspecified atom stereocenters. The molecule has 5 rings (SSSR count). The van der Waals surface area contributed by atoms with Gasteiger partial charge < -0.3 is 71.3 Å². The summed E-state index contributed by atoms with van der Waals surface area (Å²) in [5.74, 6) is -0.835. The first kappa shape index (κ1) is 77.0. The summed E-state index contributed by atoms with van der Waals surface area (Å²) in [5, 5.41) is 44.3. The van der Waals surface area contributed by atoms with Gasteiger partial charge in [0.05, 0.1) is 35.9 Å². The Balaban J connectivity index is -0.000000127. The summed E-state index contributed by atoms with van der Waals surface area (Å²) in [5.41, 5.74) is 12.6. The number of hydrogen-bond donors (Lipinski definition) is 5. The van der Waals surface area contributed by atoms with Crippen LogP contribution in [-0.4, -0.2) is 92.9 Å². The third kappa shape index (κ3) is 35.5. The van der Waals surface area contributed by atoms with Gasteiger partial charge in [0.2, 0.25) is 5.91 Å². The fourth-order valence-electron chi connectivity index (χ4n) is 5.44. The summed E-state index contributed by atoms with van der Waals surface area (Å²) in [6.45, 7) is 16.3. The van der Waals surface area contributed by atoms with Crippen LogP contribution >= 0.6 is 0 Å². The standard InChI is InChI=1S/C12H17NO2.C11H16O.C10H15NO.C10H12O2.C4H8O.CHNO.CH4.CH3.BrH.K.Mg.H2O/c1-12(2,15)10(8-11(13)14)9-6-4-3-5-7-9;1-9(11(2,3)12)10-7-5-4-6-8-10;1-10(2,12)9(11)8-6-4-3-5-7-8;1-8(10(11)12-2)9-6-4-3-5-7-9;1-2-4-5-3-1;2-1-3;;;;;;/h3-7,10,15H,8H2,1-2H3,(H2,13,14);4-9,12H,1-3H3;3-7,9,12H,11H2,1-2H3;3-8H,1-2H3;1-4H2;3H;1H4;1H3;1H;;;1H2/q;;;;;;;-1;;+1;+2;/p-2/t10-;2*9-;8-;;;;;;;;/m0000......../s1. The van der Waals surface area contributed by atoms with Gasteiger partial charge in [-0.15, -0.1) is 0 Å². The van der Waals surface area contributed by atoms with Crippen LogP contribution in [0.4, 0.5) is 0 Å². The Morgan fingerprint density at radius 3 is 1.31 bits per heavy atom. The van der Waals surface area contributed by atoms with Crippen molar-refractivity contribution in [2.45, 2.75) is 123 Å². The third-order valence-electron chi connectivity index (χ3n) is 9.42. The number of carbonyl (C=O) groups excluding carboxylic acids is 2. The molecule has 1 fully saturated rings. The van der Waals surface area contributed by atoms with Crippen molar-refractivity contribution in [1.82, 2.24) is 0 Å². The largest absolute Gasteiger partial charge is 2.00 e. The van der Waals surface area contributed by atoms with E-state index in [1.807, 2.05) is 149 Å². The summed E-state index contributed by atoms with van der Waals surface area (Å²) in [4.78, 5) is 22.0. The van der Waals surface area contributed by atoms with Gasteiger partial charge in [0, 0.05) is 37.7 Å². The SMILES string of the molecule is C.C1CCOC1.CC(C)(O)[C@@H](CC(N)=O)c1ccccc1.CC(C)(O)[C@@H](N)c1ccccc1.COC(=O)[C@@H](C)c1ccccc1.C[C@@H](c1ccccc1)C(C)(C)O.N#C[O-].O.[Br-].[CH3-].[K+].[Mg+2]. The van der Waals surface area contributed by atoms with Crippen LogP contribution in [0.1, 0.15) is 128 Å². The van der Waals surface area contributed by atoms with E-state index in [2.05, 4.69) is 4.74 Å². The second kappa shape index (κ2) is 41.9. The van der Waals surface area contributed by atoms with Gasteiger partial charge in [-0.25, -0.2) is 5.26 Å². The van der Waals surface area contributed by atoms with Gasteiger partial charge >= 0.3 is 80.4 Å². The summed E-state index contributed by atoms with van der Waals surface area (Å²) >= 11 is 0. The number of rotatable bonds is 10. The number of nitriles is 1. The number of methoxy groups -OCH3 is 1. The average molecular weight is 1010 g/mol. The molecule has 1 amide bonds. The molecule has 65 heavy (non-hydrogen) atoms. The molecule has 0 radical (unpaired) electrons. The van der Waals surface area contributed by atoms with Crippen molar-refractivity contribution >= 4 is 34.9 Å². The molecule has 4 aromatic rings. The molecule has 4 atom stereocenters. The first-order valence-electron chi connectivity index (χ1n) is 19.7. The number of primary amides is 1. The number of aliphatic hydroxyl groups is 3. The van der Waals surface area contributed by atoms with Gasteiger partial charge in [0.15, 0.2) is 0 Å². The summed E-state index contributed by atoms with van der Waals surface area (Å²) in [6, 6.07) is 38.4. The van der Waals surface area contributed by atoms with E-state index >= 15 is 0 Å². The van der Waals surface area contributed by atoms with Crippen molar-refractivity contribution in [1.29, 1.82) is 5.26 Å².